The minimum atomic E-state index is 0.533. The summed E-state index contributed by atoms with van der Waals surface area (Å²) in [4.78, 5) is 8.29. The van der Waals surface area contributed by atoms with Crippen LogP contribution in [-0.4, -0.2) is 9.97 Å². The van der Waals surface area contributed by atoms with Gasteiger partial charge in [-0.3, -0.25) is 0 Å². The number of benzene rings is 1. The van der Waals surface area contributed by atoms with Gasteiger partial charge < -0.3 is 10.5 Å². The summed E-state index contributed by atoms with van der Waals surface area (Å²) in [6.07, 6.45) is 3.48. The maximum absolute atomic E-state index is 5.87. The zero-order valence-electron chi connectivity index (χ0n) is 10.7. The van der Waals surface area contributed by atoms with Crippen LogP contribution in [0.3, 0.4) is 0 Å². The number of hydrogen-bond acceptors (Lipinski definition) is 4. The van der Waals surface area contributed by atoms with E-state index < -0.39 is 0 Å². The molecule has 0 amide bonds. The maximum Gasteiger partial charge on any atom is 0.222 e. The first-order chi connectivity index (χ1) is 8.69. The molecule has 0 aliphatic carbocycles. The number of nitrogen functional groups attached to an aromatic ring is 1. The monoisotopic (exact) mass is 243 g/mol. The highest BCUT2D eigenvalue weighted by Gasteiger charge is 2.05. The van der Waals surface area contributed by atoms with Gasteiger partial charge in [-0.15, -0.1) is 0 Å². The Morgan fingerprint density at radius 3 is 2.83 bits per heavy atom. The molecule has 2 N–H and O–H groups in total. The van der Waals surface area contributed by atoms with Crippen molar-refractivity contribution in [2.24, 2.45) is 0 Å². The number of hydrogen-bond donors (Lipinski definition) is 1. The van der Waals surface area contributed by atoms with Gasteiger partial charge in [-0.2, -0.15) is 0 Å². The Kier molecular flexibility index (Phi) is 3.77. The molecule has 0 aliphatic heterocycles. The zero-order chi connectivity index (χ0) is 13.0. The average Bonchev–Trinajstić information content (AvgIpc) is 2.35. The van der Waals surface area contributed by atoms with Gasteiger partial charge in [0.1, 0.15) is 6.33 Å². The van der Waals surface area contributed by atoms with E-state index in [1.807, 2.05) is 31.2 Å². The van der Waals surface area contributed by atoms with Gasteiger partial charge in [0.25, 0.3) is 0 Å². The van der Waals surface area contributed by atoms with E-state index in [9.17, 15) is 0 Å². The van der Waals surface area contributed by atoms with Crippen molar-refractivity contribution in [3.8, 4) is 11.6 Å². The fraction of sp³-hybridized carbons (Fsp3) is 0.286. The quantitative estimate of drug-likeness (QED) is 0.838. The molecule has 0 atom stereocenters. The van der Waals surface area contributed by atoms with E-state index in [2.05, 4.69) is 16.9 Å². The molecule has 0 saturated heterocycles. The van der Waals surface area contributed by atoms with Crippen molar-refractivity contribution in [2.45, 2.75) is 26.7 Å². The number of aromatic nitrogens is 2. The molecule has 2 aromatic rings. The number of nitrogens with zero attached hydrogens (tertiary/aromatic N) is 2. The third kappa shape index (κ3) is 2.97. The molecule has 4 nitrogen and oxygen atoms in total. The van der Waals surface area contributed by atoms with Crippen LogP contribution < -0.4 is 10.5 Å². The van der Waals surface area contributed by atoms with Crippen LogP contribution in [0.5, 0.6) is 11.6 Å². The molecule has 0 unspecified atom stereocenters. The van der Waals surface area contributed by atoms with Gasteiger partial charge >= 0.3 is 0 Å². The molecule has 0 spiro atoms. The van der Waals surface area contributed by atoms with E-state index in [4.69, 9.17) is 10.5 Å². The molecule has 0 aliphatic rings. The second-order valence-corrected chi connectivity index (χ2v) is 4.24. The highest BCUT2D eigenvalue weighted by molar-refractivity contribution is 5.54. The summed E-state index contributed by atoms with van der Waals surface area (Å²) in [6, 6.07) is 7.53. The smallest absolute Gasteiger partial charge is 0.222 e. The van der Waals surface area contributed by atoms with Crippen LogP contribution >= 0.6 is 0 Å². The number of rotatable bonds is 4. The second kappa shape index (κ2) is 5.49. The molecule has 0 radical (unpaired) electrons. The van der Waals surface area contributed by atoms with Crippen LogP contribution in [0.4, 0.5) is 5.69 Å². The van der Waals surface area contributed by atoms with Gasteiger partial charge in [-0.25, -0.2) is 9.97 Å². The summed E-state index contributed by atoms with van der Waals surface area (Å²) in [5, 5.41) is 0. The van der Waals surface area contributed by atoms with Gasteiger partial charge in [-0.05, 0) is 31.0 Å². The first-order valence-corrected chi connectivity index (χ1v) is 6.04. The van der Waals surface area contributed by atoms with E-state index >= 15 is 0 Å². The van der Waals surface area contributed by atoms with E-state index in [1.165, 1.54) is 6.33 Å². The Labute approximate surface area is 107 Å². The molecule has 1 aromatic carbocycles. The van der Waals surface area contributed by atoms with E-state index in [0.717, 1.165) is 24.1 Å². The van der Waals surface area contributed by atoms with E-state index in [0.29, 0.717) is 17.3 Å². The number of anilines is 1. The summed E-state index contributed by atoms with van der Waals surface area (Å²) >= 11 is 0. The summed E-state index contributed by atoms with van der Waals surface area (Å²) in [5.74, 6) is 1.17. The van der Waals surface area contributed by atoms with Crippen LogP contribution in [0.1, 0.15) is 24.6 Å². The number of ether oxygens (including phenoxy) is 1. The van der Waals surface area contributed by atoms with Crippen LogP contribution in [0.2, 0.25) is 0 Å². The van der Waals surface area contributed by atoms with Gasteiger partial charge in [0.2, 0.25) is 5.88 Å². The predicted molar refractivity (Wildman–Crippen MR) is 71.7 cm³/mol. The minimum absolute atomic E-state index is 0.533. The predicted octanol–water partition coefficient (Wildman–Crippen LogP) is 3.11. The molecule has 94 valence electrons. The van der Waals surface area contributed by atoms with Crippen LogP contribution in [-0.2, 0) is 6.42 Å². The third-order valence-electron chi connectivity index (χ3n) is 2.59. The molecular weight excluding hydrogens is 226 g/mol. The molecule has 18 heavy (non-hydrogen) atoms. The summed E-state index contributed by atoms with van der Waals surface area (Å²) in [5.41, 5.74) is 8.55. The van der Waals surface area contributed by atoms with Gasteiger partial charge in [0.05, 0.1) is 5.69 Å². The van der Waals surface area contributed by atoms with Crippen molar-refractivity contribution in [3.63, 3.8) is 0 Å². The fourth-order valence-electron chi connectivity index (χ4n) is 1.67. The summed E-state index contributed by atoms with van der Waals surface area (Å²) < 4.78 is 5.70. The Hall–Kier alpha value is -2.10. The standard InChI is InChI=1S/C14H17N3O/c1-3-4-11-8-14(17-9-16-11)18-13-7-10(2)5-6-12(13)15/h5-9H,3-4,15H2,1-2H3. The lowest BCUT2D eigenvalue weighted by molar-refractivity contribution is 0.462. The van der Waals surface area contributed by atoms with Crippen molar-refractivity contribution in [1.82, 2.24) is 9.97 Å². The SMILES string of the molecule is CCCc1cc(Oc2cc(C)ccc2N)ncn1. The molecule has 0 fully saturated rings. The van der Waals surface area contributed by atoms with Crippen molar-refractivity contribution < 1.29 is 4.74 Å². The number of aryl methyl sites for hydroxylation is 2. The van der Waals surface area contributed by atoms with Gasteiger partial charge in [0, 0.05) is 11.8 Å². The molecule has 2 rings (SSSR count). The zero-order valence-corrected chi connectivity index (χ0v) is 10.7. The normalized spacial score (nSPS) is 10.3. The van der Waals surface area contributed by atoms with Crippen LogP contribution in [0, 0.1) is 6.92 Å². The topological polar surface area (TPSA) is 61.0 Å². The highest BCUT2D eigenvalue weighted by atomic mass is 16.5. The fourth-order valence-corrected chi connectivity index (χ4v) is 1.67. The van der Waals surface area contributed by atoms with Crippen molar-refractivity contribution in [2.75, 3.05) is 5.73 Å². The van der Waals surface area contributed by atoms with Crippen LogP contribution in [0.25, 0.3) is 0 Å². The lowest BCUT2D eigenvalue weighted by Crippen LogP contribution is -1.96. The third-order valence-corrected chi connectivity index (χ3v) is 2.59. The maximum atomic E-state index is 5.87. The summed E-state index contributed by atoms with van der Waals surface area (Å²) in [6.45, 7) is 4.11. The average molecular weight is 243 g/mol. The molecule has 0 bridgehead atoms. The first-order valence-electron chi connectivity index (χ1n) is 6.04. The molecule has 4 heteroatoms. The summed E-state index contributed by atoms with van der Waals surface area (Å²) in [7, 11) is 0. The first kappa shape index (κ1) is 12.4. The van der Waals surface area contributed by atoms with Crippen molar-refractivity contribution >= 4 is 5.69 Å². The second-order valence-electron chi connectivity index (χ2n) is 4.24. The van der Waals surface area contributed by atoms with E-state index in [-0.39, 0.29) is 0 Å². The molecular formula is C14H17N3O. The van der Waals surface area contributed by atoms with Crippen molar-refractivity contribution in [3.05, 3.63) is 41.9 Å². The van der Waals surface area contributed by atoms with Crippen molar-refractivity contribution in [1.29, 1.82) is 0 Å². The lowest BCUT2D eigenvalue weighted by Gasteiger charge is -2.08. The Bertz CT molecular complexity index is 540. The molecule has 1 heterocycles. The van der Waals surface area contributed by atoms with Crippen LogP contribution in [0.15, 0.2) is 30.6 Å². The molecule has 1 aromatic heterocycles. The van der Waals surface area contributed by atoms with Gasteiger partial charge in [0.15, 0.2) is 5.75 Å². The Morgan fingerprint density at radius 1 is 1.22 bits per heavy atom. The molecule has 0 saturated carbocycles. The minimum Gasteiger partial charge on any atom is -0.437 e. The Balaban J connectivity index is 2.22. The largest absolute Gasteiger partial charge is 0.437 e. The lowest BCUT2D eigenvalue weighted by atomic mass is 10.2. The van der Waals surface area contributed by atoms with E-state index in [1.54, 1.807) is 0 Å². The number of nitrogens with two attached hydrogens (primary N) is 1. The van der Waals surface area contributed by atoms with Gasteiger partial charge in [-0.1, -0.05) is 19.4 Å². The highest BCUT2D eigenvalue weighted by Crippen LogP contribution is 2.27. The Morgan fingerprint density at radius 2 is 2.06 bits per heavy atom.